The van der Waals surface area contributed by atoms with Gasteiger partial charge in [0, 0.05) is 18.7 Å². The number of alkyl halides is 3. The third kappa shape index (κ3) is 7.29. The molecule has 1 aromatic carbocycles. The van der Waals surface area contributed by atoms with E-state index in [9.17, 15) is 13.2 Å². The fraction of sp³-hybridized carbons (Fsp3) is 0.474. The monoisotopic (exact) mass is 440 g/mol. The Bertz CT molecular complexity index is 704. The van der Waals surface area contributed by atoms with E-state index in [0.29, 0.717) is 23.6 Å². The van der Waals surface area contributed by atoms with Gasteiger partial charge in [-0.1, -0.05) is 12.1 Å². The predicted octanol–water partition coefficient (Wildman–Crippen LogP) is 4.62. The lowest BCUT2D eigenvalue weighted by atomic mass is 10.1. The lowest BCUT2D eigenvalue weighted by Gasteiger charge is -2.26. The van der Waals surface area contributed by atoms with Crippen molar-refractivity contribution in [3.8, 4) is 11.3 Å². The predicted molar refractivity (Wildman–Crippen MR) is 107 cm³/mol. The van der Waals surface area contributed by atoms with E-state index in [2.05, 4.69) is 10.2 Å². The topological polar surface area (TPSA) is 37.6 Å². The van der Waals surface area contributed by atoms with Crippen LogP contribution in [-0.2, 0) is 17.5 Å². The van der Waals surface area contributed by atoms with E-state index in [1.54, 1.807) is 18.2 Å². The Hall–Kier alpha value is -1.25. The van der Waals surface area contributed by atoms with E-state index < -0.39 is 11.7 Å². The number of halogens is 5. The number of ether oxygens (including phenoxy) is 1. The Balaban J connectivity index is 0.00000196. The van der Waals surface area contributed by atoms with Crippen molar-refractivity contribution in [3.05, 3.63) is 47.7 Å². The number of hydrogen-bond acceptors (Lipinski definition) is 4. The van der Waals surface area contributed by atoms with Crippen molar-refractivity contribution in [2.75, 3.05) is 39.4 Å². The molecular weight excluding hydrogens is 416 g/mol. The van der Waals surface area contributed by atoms with Gasteiger partial charge >= 0.3 is 6.18 Å². The fourth-order valence-corrected chi connectivity index (χ4v) is 2.94. The number of hydrogen-bond donors (Lipinski definition) is 1. The molecule has 1 fully saturated rings. The number of furan rings is 1. The summed E-state index contributed by atoms with van der Waals surface area (Å²) >= 11 is 0. The molecule has 1 aliphatic heterocycles. The van der Waals surface area contributed by atoms with Crippen molar-refractivity contribution < 1.29 is 22.3 Å². The molecule has 0 spiro atoms. The van der Waals surface area contributed by atoms with Crippen LogP contribution in [0.2, 0.25) is 0 Å². The number of nitrogens with zero attached hydrogens (tertiary/aromatic N) is 1. The minimum Gasteiger partial charge on any atom is -0.460 e. The van der Waals surface area contributed by atoms with Gasteiger partial charge in [0.2, 0.25) is 0 Å². The van der Waals surface area contributed by atoms with E-state index in [1.165, 1.54) is 6.07 Å². The molecule has 0 bridgehead atoms. The van der Waals surface area contributed by atoms with Crippen molar-refractivity contribution in [2.45, 2.75) is 19.1 Å². The molecule has 3 rings (SSSR count). The van der Waals surface area contributed by atoms with Crippen LogP contribution in [0.5, 0.6) is 0 Å². The Labute approximate surface area is 175 Å². The van der Waals surface area contributed by atoms with Crippen molar-refractivity contribution in [1.29, 1.82) is 0 Å². The SMILES string of the molecule is Cl.Cl.FC(F)(F)c1cccc(-c2ccc(CNCCCN3CCOCC3)o2)c1. The van der Waals surface area contributed by atoms with Crippen LogP contribution in [0.1, 0.15) is 17.7 Å². The van der Waals surface area contributed by atoms with Crippen LogP contribution in [-0.4, -0.2) is 44.3 Å². The Morgan fingerprint density at radius 3 is 2.50 bits per heavy atom. The smallest absolute Gasteiger partial charge is 0.416 e. The van der Waals surface area contributed by atoms with Gasteiger partial charge in [0.1, 0.15) is 11.5 Å². The lowest BCUT2D eigenvalue weighted by Crippen LogP contribution is -2.37. The minimum atomic E-state index is -4.35. The van der Waals surface area contributed by atoms with Crippen LogP contribution in [0.25, 0.3) is 11.3 Å². The maximum absolute atomic E-state index is 12.8. The maximum Gasteiger partial charge on any atom is 0.416 e. The molecule has 1 aromatic heterocycles. The zero-order chi connectivity index (χ0) is 18.4. The number of nitrogens with one attached hydrogen (secondary N) is 1. The summed E-state index contributed by atoms with van der Waals surface area (Å²) in [5.41, 5.74) is -0.243. The van der Waals surface area contributed by atoms with Gasteiger partial charge in [-0.25, -0.2) is 0 Å². The van der Waals surface area contributed by atoms with Gasteiger partial charge in [-0.3, -0.25) is 4.90 Å². The van der Waals surface area contributed by atoms with Gasteiger partial charge in [0.05, 0.1) is 25.3 Å². The highest BCUT2D eigenvalue weighted by Gasteiger charge is 2.30. The standard InChI is InChI=1S/C19H23F3N2O2.2ClH/c20-19(21,22)16-4-1-3-15(13-16)18-6-5-17(26-18)14-23-7-2-8-24-9-11-25-12-10-24;;/h1,3-6,13,23H,2,7-12,14H2;2*1H. The van der Waals surface area contributed by atoms with Gasteiger partial charge in [-0.2, -0.15) is 13.2 Å². The summed E-state index contributed by atoms with van der Waals surface area (Å²) < 4.78 is 49.4. The Kier molecular flexibility index (Phi) is 10.3. The summed E-state index contributed by atoms with van der Waals surface area (Å²) in [6.07, 6.45) is -3.32. The van der Waals surface area contributed by atoms with Crippen LogP contribution in [0, 0.1) is 0 Å². The molecular formula is C19H25Cl2F3N2O2. The molecule has 9 heteroatoms. The van der Waals surface area contributed by atoms with Crippen molar-refractivity contribution >= 4 is 24.8 Å². The normalized spacial score (nSPS) is 15.0. The zero-order valence-electron chi connectivity index (χ0n) is 15.3. The molecule has 1 saturated heterocycles. The fourth-order valence-electron chi connectivity index (χ4n) is 2.94. The molecule has 0 radical (unpaired) electrons. The molecule has 0 amide bonds. The summed E-state index contributed by atoms with van der Waals surface area (Å²) in [6, 6.07) is 8.68. The molecule has 1 aliphatic rings. The van der Waals surface area contributed by atoms with E-state index in [0.717, 1.165) is 57.9 Å². The summed E-state index contributed by atoms with van der Waals surface area (Å²) in [6.45, 7) is 6.02. The highest BCUT2D eigenvalue weighted by molar-refractivity contribution is 5.85. The summed E-state index contributed by atoms with van der Waals surface area (Å²) in [7, 11) is 0. The minimum absolute atomic E-state index is 0. The highest BCUT2D eigenvalue weighted by atomic mass is 35.5. The summed E-state index contributed by atoms with van der Waals surface area (Å²) in [4.78, 5) is 2.38. The first-order chi connectivity index (χ1) is 12.5. The van der Waals surface area contributed by atoms with Gasteiger partial charge in [0.25, 0.3) is 0 Å². The molecule has 0 saturated carbocycles. The lowest BCUT2D eigenvalue weighted by molar-refractivity contribution is -0.137. The average molecular weight is 441 g/mol. The van der Waals surface area contributed by atoms with Crippen molar-refractivity contribution in [1.82, 2.24) is 10.2 Å². The summed E-state index contributed by atoms with van der Waals surface area (Å²) in [5, 5.41) is 3.31. The Morgan fingerprint density at radius 1 is 1.04 bits per heavy atom. The summed E-state index contributed by atoms with van der Waals surface area (Å²) in [5.74, 6) is 1.16. The second-order valence-electron chi connectivity index (χ2n) is 6.33. The Morgan fingerprint density at radius 2 is 1.79 bits per heavy atom. The van der Waals surface area contributed by atoms with E-state index >= 15 is 0 Å². The molecule has 28 heavy (non-hydrogen) atoms. The molecule has 1 N–H and O–H groups in total. The quantitative estimate of drug-likeness (QED) is 0.637. The third-order valence-corrected chi connectivity index (χ3v) is 4.37. The second kappa shape index (κ2) is 11.7. The molecule has 0 aliphatic carbocycles. The zero-order valence-corrected chi connectivity index (χ0v) is 17.0. The van der Waals surface area contributed by atoms with E-state index in [-0.39, 0.29) is 24.8 Å². The van der Waals surface area contributed by atoms with Crippen LogP contribution in [0.4, 0.5) is 13.2 Å². The molecule has 2 aromatic rings. The van der Waals surface area contributed by atoms with Crippen molar-refractivity contribution in [3.63, 3.8) is 0 Å². The first-order valence-corrected chi connectivity index (χ1v) is 8.79. The van der Waals surface area contributed by atoms with Gasteiger partial charge in [-0.05, 0) is 43.8 Å². The van der Waals surface area contributed by atoms with Crippen LogP contribution in [0.15, 0.2) is 40.8 Å². The van der Waals surface area contributed by atoms with Crippen molar-refractivity contribution in [2.24, 2.45) is 0 Å². The second-order valence-corrected chi connectivity index (χ2v) is 6.33. The first-order valence-electron chi connectivity index (χ1n) is 8.79. The largest absolute Gasteiger partial charge is 0.460 e. The van der Waals surface area contributed by atoms with Crippen LogP contribution < -0.4 is 5.32 Å². The number of benzene rings is 1. The third-order valence-electron chi connectivity index (χ3n) is 4.37. The highest BCUT2D eigenvalue weighted by Crippen LogP contribution is 2.32. The molecule has 0 atom stereocenters. The molecule has 2 heterocycles. The van der Waals surface area contributed by atoms with E-state index in [1.807, 2.05) is 0 Å². The number of morpholine rings is 1. The molecule has 158 valence electrons. The van der Waals surface area contributed by atoms with Gasteiger partial charge in [-0.15, -0.1) is 24.8 Å². The maximum atomic E-state index is 12.8. The van der Waals surface area contributed by atoms with Gasteiger partial charge < -0.3 is 14.5 Å². The first kappa shape index (κ1) is 24.8. The van der Waals surface area contributed by atoms with Crippen LogP contribution >= 0.6 is 24.8 Å². The van der Waals surface area contributed by atoms with Gasteiger partial charge in [0.15, 0.2) is 0 Å². The molecule has 0 unspecified atom stereocenters. The van der Waals surface area contributed by atoms with Crippen LogP contribution in [0.3, 0.4) is 0 Å². The average Bonchev–Trinajstić information content (AvgIpc) is 3.11. The number of rotatable bonds is 7. The molecule has 4 nitrogen and oxygen atoms in total. The van der Waals surface area contributed by atoms with E-state index in [4.69, 9.17) is 9.15 Å².